The van der Waals surface area contributed by atoms with Crippen LogP contribution >= 0.6 is 0 Å². The summed E-state index contributed by atoms with van der Waals surface area (Å²) in [6, 6.07) is 0.365. The third-order valence-corrected chi connectivity index (χ3v) is 3.22. The summed E-state index contributed by atoms with van der Waals surface area (Å²) in [6.07, 6.45) is 3.64. The Morgan fingerprint density at radius 1 is 1.38 bits per heavy atom. The van der Waals surface area contributed by atoms with Gasteiger partial charge in [-0.2, -0.15) is 0 Å². The number of rotatable bonds is 0. The minimum atomic E-state index is -0.163. The number of ether oxygens (including phenoxy) is 1. The summed E-state index contributed by atoms with van der Waals surface area (Å²) in [5.74, 6) is 0. The smallest absolute Gasteiger partial charge is 0.318 e. The van der Waals surface area contributed by atoms with E-state index in [-0.39, 0.29) is 17.7 Å². The van der Waals surface area contributed by atoms with Crippen molar-refractivity contribution in [2.45, 2.75) is 57.7 Å². The third-order valence-electron chi connectivity index (χ3n) is 3.22. The maximum atomic E-state index is 12.1. The molecule has 2 atom stereocenters. The molecule has 2 unspecified atom stereocenters. The van der Waals surface area contributed by atoms with Crippen molar-refractivity contribution in [1.82, 2.24) is 10.2 Å². The van der Waals surface area contributed by atoms with Crippen molar-refractivity contribution in [2.24, 2.45) is 0 Å². The molecule has 1 aliphatic heterocycles. The fourth-order valence-corrected chi connectivity index (χ4v) is 2.57. The van der Waals surface area contributed by atoms with Crippen molar-refractivity contribution in [2.75, 3.05) is 13.2 Å². The summed E-state index contributed by atoms with van der Waals surface area (Å²) in [6.45, 7) is 7.44. The predicted molar refractivity (Wildman–Crippen MR) is 62.4 cm³/mol. The van der Waals surface area contributed by atoms with Gasteiger partial charge in [0.05, 0.1) is 18.8 Å². The van der Waals surface area contributed by atoms with Gasteiger partial charge in [0.1, 0.15) is 0 Å². The van der Waals surface area contributed by atoms with Gasteiger partial charge in [-0.15, -0.1) is 0 Å². The lowest BCUT2D eigenvalue weighted by Crippen LogP contribution is -2.57. The molecule has 1 N–H and O–H groups in total. The van der Waals surface area contributed by atoms with Crippen LogP contribution in [0.2, 0.25) is 0 Å². The van der Waals surface area contributed by atoms with E-state index in [4.69, 9.17) is 4.74 Å². The lowest BCUT2D eigenvalue weighted by atomic mass is 10.1. The molecule has 4 heteroatoms. The molecule has 4 nitrogen and oxygen atoms in total. The summed E-state index contributed by atoms with van der Waals surface area (Å²) in [7, 11) is 0. The Morgan fingerprint density at radius 2 is 2.12 bits per heavy atom. The van der Waals surface area contributed by atoms with Gasteiger partial charge in [0, 0.05) is 12.1 Å². The maximum absolute atomic E-state index is 12.1. The van der Waals surface area contributed by atoms with E-state index in [2.05, 4.69) is 5.32 Å². The molecule has 0 aromatic rings. The zero-order valence-electron chi connectivity index (χ0n) is 10.5. The molecule has 0 radical (unpaired) electrons. The minimum absolute atomic E-state index is 0.0627. The quantitative estimate of drug-likeness (QED) is 0.683. The molecular weight excluding hydrogens is 204 g/mol. The second-order valence-corrected chi connectivity index (χ2v) is 5.78. The molecule has 0 aromatic carbocycles. The number of amides is 2. The van der Waals surface area contributed by atoms with Gasteiger partial charge in [-0.25, -0.2) is 4.79 Å². The van der Waals surface area contributed by atoms with Gasteiger partial charge < -0.3 is 15.0 Å². The Balaban J connectivity index is 2.00. The molecule has 0 spiro atoms. The van der Waals surface area contributed by atoms with Crippen molar-refractivity contribution >= 4 is 6.03 Å². The second-order valence-electron chi connectivity index (χ2n) is 5.78. The molecule has 2 fully saturated rings. The van der Waals surface area contributed by atoms with Crippen LogP contribution in [0.4, 0.5) is 4.79 Å². The fourth-order valence-electron chi connectivity index (χ4n) is 2.57. The van der Waals surface area contributed by atoms with Crippen LogP contribution in [-0.2, 0) is 4.74 Å². The number of urea groups is 1. The van der Waals surface area contributed by atoms with Crippen molar-refractivity contribution in [3.63, 3.8) is 0 Å². The van der Waals surface area contributed by atoms with E-state index in [1.54, 1.807) is 0 Å². The summed E-state index contributed by atoms with van der Waals surface area (Å²) in [4.78, 5) is 14.1. The van der Waals surface area contributed by atoms with Crippen molar-refractivity contribution in [3.8, 4) is 0 Å². The molecule has 1 saturated heterocycles. The number of carbonyl (C=O) groups is 1. The van der Waals surface area contributed by atoms with E-state index in [1.807, 2.05) is 25.7 Å². The zero-order chi connectivity index (χ0) is 11.8. The van der Waals surface area contributed by atoms with Gasteiger partial charge >= 0.3 is 6.03 Å². The molecule has 16 heavy (non-hydrogen) atoms. The van der Waals surface area contributed by atoms with Crippen molar-refractivity contribution in [1.29, 1.82) is 0 Å². The standard InChI is InChI=1S/C12H22N2O2/c1-12(2,3)13-11(15)14-7-8-16-10-6-4-5-9(10)14/h9-10H,4-8H2,1-3H3,(H,13,15). The Labute approximate surface area is 97.3 Å². The summed E-state index contributed by atoms with van der Waals surface area (Å²) >= 11 is 0. The number of hydrogen-bond acceptors (Lipinski definition) is 2. The number of fused-ring (bicyclic) bond motifs is 1. The van der Waals surface area contributed by atoms with Crippen LogP contribution in [0, 0.1) is 0 Å². The van der Waals surface area contributed by atoms with Crippen LogP contribution in [0.25, 0.3) is 0 Å². The third kappa shape index (κ3) is 2.48. The first-order valence-electron chi connectivity index (χ1n) is 6.18. The number of nitrogens with zero attached hydrogens (tertiary/aromatic N) is 1. The Bertz CT molecular complexity index is 273. The van der Waals surface area contributed by atoms with E-state index in [1.165, 1.54) is 6.42 Å². The van der Waals surface area contributed by atoms with Crippen LogP contribution in [-0.4, -0.2) is 41.8 Å². The molecular formula is C12H22N2O2. The molecule has 1 aliphatic carbocycles. The topological polar surface area (TPSA) is 41.6 Å². The van der Waals surface area contributed by atoms with Gasteiger partial charge in [-0.3, -0.25) is 0 Å². The Hall–Kier alpha value is -0.770. The highest BCUT2D eigenvalue weighted by Gasteiger charge is 2.38. The molecule has 1 saturated carbocycles. The highest BCUT2D eigenvalue weighted by atomic mass is 16.5. The van der Waals surface area contributed by atoms with Gasteiger partial charge in [-0.05, 0) is 40.0 Å². The first-order valence-corrected chi connectivity index (χ1v) is 6.18. The highest BCUT2D eigenvalue weighted by Crippen LogP contribution is 2.29. The van der Waals surface area contributed by atoms with Gasteiger partial charge in [0.25, 0.3) is 0 Å². The Kier molecular flexibility index (Phi) is 3.10. The van der Waals surface area contributed by atoms with Crippen LogP contribution in [0.1, 0.15) is 40.0 Å². The second kappa shape index (κ2) is 4.24. The summed E-state index contributed by atoms with van der Waals surface area (Å²) in [5, 5.41) is 3.03. The molecule has 0 bridgehead atoms. The molecule has 2 amide bonds. The van der Waals surface area contributed by atoms with Crippen LogP contribution in [0.3, 0.4) is 0 Å². The minimum Gasteiger partial charge on any atom is -0.374 e. The molecule has 92 valence electrons. The van der Waals surface area contributed by atoms with E-state index in [9.17, 15) is 4.79 Å². The first kappa shape index (κ1) is 11.7. The number of hydrogen-bond donors (Lipinski definition) is 1. The van der Waals surface area contributed by atoms with E-state index in [0.29, 0.717) is 12.6 Å². The molecule has 2 aliphatic rings. The lowest BCUT2D eigenvalue weighted by molar-refractivity contribution is -0.0390. The van der Waals surface area contributed by atoms with Gasteiger partial charge in [-0.1, -0.05) is 0 Å². The van der Waals surface area contributed by atoms with Crippen LogP contribution < -0.4 is 5.32 Å². The van der Waals surface area contributed by atoms with Crippen LogP contribution in [0.5, 0.6) is 0 Å². The highest BCUT2D eigenvalue weighted by molar-refractivity contribution is 5.75. The van der Waals surface area contributed by atoms with E-state index < -0.39 is 0 Å². The summed E-state index contributed by atoms with van der Waals surface area (Å²) in [5.41, 5.74) is -0.163. The van der Waals surface area contributed by atoms with Gasteiger partial charge in [0.2, 0.25) is 0 Å². The van der Waals surface area contributed by atoms with E-state index >= 15 is 0 Å². The SMILES string of the molecule is CC(C)(C)NC(=O)N1CCOC2CCCC21. The molecule has 2 rings (SSSR count). The first-order chi connectivity index (χ1) is 7.47. The van der Waals surface area contributed by atoms with Crippen LogP contribution in [0.15, 0.2) is 0 Å². The van der Waals surface area contributed by atoms with E-state index in [0.717, 1.165) is 19.4 Å². The van der Waals surface area contributed by atoms with Crippen molar-refractivity contribution < 1.29 is 9.53 Å². The maximum Gasteiger partial charge on any atom is 0.318 e. The number of morpholine rings is 1. The number of carbonyl (C=O) groups excluding carboxylic acids is 1. The predicted octanol–water partition coefficient (Wildman–Crippen LogP) is 1.75. The average molecular weight is 226 g/mol. The molecule has 1 heterocycles. The summed E-state index contributed by atoms with van der Waals surface area (Å²) < 4.78 is 5.69. The monoisotopic (exact) mass is 226 g/mol. The fraction of sp³-hybridized carbons (Fsp3) is 0.917. The Morgan fingerprint density at radius 3 is 2.81 bits per heavy atom. The number of nitrogens with one attached hydrogen (secondary N) is 1. The van der Waals surface area contributed by atoms with Gasteiger partial charge in [0.15, 0.2) is 0 Å². The molecule has 0 aromatic heterocycles. The zero-order valence-corrected chi connectivity index (χ0v) is 10.5. The average Bonchev–Trinajstić information content (AvgIpc) is 2.61. The normalized spacial score (nSPS) is 30.1. The van der Waals surface area contributed by atoms with Crippen molar-refractivity contribution in [3.05, 3.63) is 0 Å². The largest absolute Gasteiger partial charge is 0.374 e. The lowest BCUT2D eigenvalue weighted by Gasteiger charge is -2.39.